The summed E-state index contributed by atoms with van der Waals surface area (Å²) in [6.45, 7) is 17.9. The number of hydrogen-bond acceptors (Lipinski definition) is 11. The van der Waals surface area contributed by atoms with Gasteiger partial charge in [-0.2, -0.15) is 0 Å². The Hall–Kier alpha value is -11.5. The zero-order chi connectivity index (χ0) is 92.3. The fraction of sp³-hybridized carbons (Fsp3) is 0.147. The standard InChI is InChI=1S/C36H44N4.C17H10F2N.2C11H6F2N.2C11H8N.2C6H5NO2.2Ir.Pd.3Pt/c1-9-21-22(10-2)30-18-32-25(13-5)26(14-6)34(39-32)20-36-28(16-8)27(15-7)35(40-36)19-33-24(12-4)23(11-3)31(38-33)17-29(21)37-30;18-13-6-4-12(5-7-13)16-11-14(19)8-9-15(16)17-3-1-2-10-20-17;2*12-8-4-5-9(10(13)7-8)11-3-1-2-6-14-11;2*1-2-6-10(7-3-1)11-8-4-5-9-12-11;2*8-6(9)5-3-1-2-4-7-5;;;;;;/h17-20H,9-16H2,1-8H3;1-8,10-11H;2*1-4,6-7H;2*1-6,8-9H;2*1-4H,(H,8,9);;;;;;/q-2;5*-1;;;;;;;;+2. The summed E-state index contributed by atoms with van der Waals surface area (Å²) in [6.07, 6.45) is 18.8. The van der Waals surface area contributed by atoms with Gasteiger partial charge >= 0.3 is 33.0 Å². The third-order valence-corrected chi connectivity index (χ3v) is 20.4. The summed E-state index contributed by atoms with van der Waals surface area (Å²) in [5.41, 5.74) is 27.4. The molecule has 2 N–H and O–H groups in total. The van der Waals surface area contributed by atoms with Crippen LogP contribution in [0, 0.1) is 65.2 Å². The van der Waals surface area contributed by atoms with Gasteiger partial charge < -0.3 is 45.1 Å². The number of allylic oxidation sites excluding steroid dienone is 4. The van der Waals surface area contributed by atoms with Crippen LogP contribution in [0.1, 0.15) is 147 Å². The molecule has 0 unspecified atom stereocenters. The average Bonchev–Trinajstić information content (AvgIpc) is 1.63. The summed E-state index contributed by atoms with van der Waals surface area (Å²) < 4.78 is 78.1. The zero-order valence-electron chi connectivity index (χ0n) is 74.9. The first kappa shape index (κ1) is 115. The van der Waals surface area contributed by atoms with Crippen molar-refractivity contribution in [1.29, 1.82) is 0 Å². The van der Waals surface area contributed by atoms with E-state index in [1.165, 1.54) is 93.3 Å². The minimum atomic E-state index is -0.990. The van der Waals surface area contributed by atoms with E-state index in [4.69, 9.17) is 30.1 Å². The van der Waals surface area contributed by atoms with Crippen LogP contribution >= 0.6 is 0 Å². The molecule has 712 valence electrons. The van der Waals surface area contributed by atoms with E-state index in [9.17, 15) is 35.9 Å². The number of carbonyl (C=O) groups is 2. The topological polar surface area (TPSA) is 219 Å². The first-order valence-corrected chi connectivity index (χ1v) is 42.4. The molecule has 8 bridgehead atoms. The van der Waals surface area contributed by atoms with Crippen molar-refractivity contribution in [1.82, 2.24) is 54.8 Å². The van der Waals surface area contributed by atoms with Crippen molar-refractivity contribution in [3.8, 4) is 67.4 Å². The van der Waals surface area contributed by atoms with Crippen LogP contribution in [0.2, 0.25) is 0 Å². The second kappa shape index (κ2) is 59.5. The molecule has 0 saturated heterocycles. The normalized spacial score (nSPS) is 10.5. The fourth-order valence-corrected chi connectivity index (χ4v) is 14.4. The number of pyridine rings is 7. The Kier molecular flexibility index (Phi) is 50.3. The average molecular weight is 2810 g/mol. The number of halogens is 6. The molecule has 10 aromatic heterocycles. The summed E-state index contributed by atoms with van der Waals surface area (Å²) in [7, 11) is 0. The number of aryl methyl sites for hydroxylation is 4. The fourth-order valence-electron chi connectivity index (χ4n) is 14.4. The molecule has 2 radical (unpaired) electrons. The quantitative estimate of drug-likeness (QED) is 0.0522. The van der Waals surface area contributed by atoms with Crippen LogP contribution in [0.3, 0.4) is 0 Å². The monoisotopic (exact) mass is 2810 g/mol. The van der Waals surface area contributed by atoms with Crippen molar-refractivity contribution in [2.45, 2.75) is 107 Å². The van der Waals surface area contributed by atoms with Crippen LogP contribution in [0.4, 0.5) is 26.3 Å². The molecule has 0 aliphatic carbocycles. The van der Waals surface area contributed by atoms with Gasteiger partial charge in [-0.3, -0.25) is 22.0 Å². The summed E-state index contributed by atoms with van der Waals surface area (Å²) in [5.74, 6) is -5.26. The van der Waals surface area contributed by atoms with Gasteiger partial charge in [0.25, 0.3) is 0 Å². The van der Waals surface area contributed by atoms with Crippen molar-refractivity contribution in [3.63, 3.8) is 0 Å². The molecule has 0 atom stereocenters. The molecular weight excluding hydrogens is 2720 g/mol. The molecule has 0 saturated carbocycles. The molecule has 16 aromatic rings. The van der Waals surface area contributed by atoms with Gasteiger partial charge in [0.1, 0.15) is 17.2 Å². The third-order valence-electron chi connectivity index (χ3n) is 20.4. The van der Waals surface area contributed by atoms with Gasteiger partial charge in [-0.05, 0) is 169 Å². The molecule has 2 aliphatic heterocycles. The number of fused-ring (bicyclic) bond motifs is 8. The molecule has 0 amide bonds. The van der Waals surface area contributed by atoms with Gasteiger partial charge in [0.05, 0.1) is 22.8 Å². The maximum atomic E-state index is 13.5. The van der Waals surface area contributed by atoms with Crippen LogP contribution in [0.5, 0.6) is 0 Å². The zero-order valence-corrected chi connectivity index (χ0v) is 88.0. The van der Waals surface area contributed by atoms with E-state index in [0.29, 0.717) is 28.2 Å². The van der Waals surface area contributed by atoms with Crippen LogP contribution in [-0.2, 0) is 150 Å². The van der Waals surface area contributed by atoms with E-state index < -0.39 is 35.2 Å². The minimum Gasteiger partial charge on any atom is -0.657 e. The number of nitrogens with zero attached hydrogens (tertiary/aromatic N) is 11. The molecule has 0 spiro atoms. The Morgan fingerprint density at radius 3 is 0.838 bits per heavy atom. The van der Waals surface area contributed by atoms with Crippen molar-refractivity contribution in [2.24, 2.45) is 0 Å². The van der Waals surface area contributed by atoms with Crippen LogP contribution in [-0.4, -0.2) is 67.0 Å². The van der Waals surface area contributed by atoms with E-state index in [1.807, 2.05) is 103 Å². The van der Waals surface area contributed by atoms with E-state index >= 15 is 0 Å². The largest absolute Gasteiger partial charge is 2.00 e. The van der Waals surface area contributed by atoms with E-state index in [-0.39, 0.29) is 158 Å². The number of carboxylic acids is 2. The third kappa shape index (κ3) is 32.1. The van der Waals surface area contributed by atoms with Gasteiger partial charge in [-0.15, -0.1) is 142 Å². The second-order valence-corrected chi connectivity index (χ2v) is 28.6. The number of carboxylic acid groups (broad SMARTS) is 2. The van der Waals surface area contributed by atoms with E-state index in [0.717, 1.165) is 149 Å². The minimum absolute atomic E-state index is 0. The number of benzene rings is 6. The Bertz CT molecular complexity index is 6140. The molecule has 15 nitrogen and oxygen atoms in total. The van der Waals surface area contributed by atoms with Crippen molar-refractivity contribution < 1.29 is 170 Å². The maximum Gasteiger partial charge on any atom is 2.00 e. The molecule has 136 heavy (non-hydrogen) atoms. The number of hydrogen-bond donors (Lipinski definition) is 2. The Balaban J connectivity index is 0.000000291. The Labute approximate surface area is 872 Å². The predicted molar refractivity (Wildman–Crippen MR) is 501 cm³/mol. The summed E-state index contributed by atoms with van der Waals surface area (Å²) in [5, 5.41) is 16.6. The molecule has 12 heterocycles. The smallest absolute Gasteiger partial charge is 0.657 e. The number of aromatic carboxylic acids is 2. The summed E-state index contributed by atoms with van der Waals surface area (Å²) >= 11 is 0. The van der Waals surface area contributed by atoms with E-state index in [1.54, 1.807) is 104 Å². The first-order chi connectivity index (χ1) is 63.3. The molecular formula is C109H92F6Ir2N11O4PdPt3-5. The van der Waals surface area contributed by atoms with Crippen molar-refractivity contribution in [3.05, 3.63) is 426 Å². The Morgan fingerprint density at radius 2 is 0.588 bits per heavy atom. The van der Waals surface area contributed by atoms with Crippen molar-refractivity contribution in [2.75, 3.05) is 0 Å². The molecule has 27 heteroatoms. The predicted octanol–water partition coefficient (Wildman–Crippen LogP) is 26.1. The molecule has 0 fully saturated rings. The van der Waals surface area contributed by atoms with Gasteiger partial charge in [-0.25, -0.2) is 33.9 Å². The SMILES string of the molecule is CCC1=C(CC)c2cc3[n-]c(cc4nc(cc5[n-]c(cc1n2)c(CC)c5CC)C(CC)=C4CC)c(CC)c3CC.Fc1c[c-]c(-c2ccccn2)c(F)c1.Fc1c[c-]c(-c2ccccn2)c(F)c1.Fc1ccc(-c2cc(F)c[c-]c2-c2ccccn2)cc1.O=C(O)c1ccccn1.O=C(O)c1ccccn1.[Ir].[Ir].[Pd].[Pt+2].[Pt].[Pt].[c-]1ccccc1-c1ccccn1.[c-]1ccccc1-c1ccccn1. The van der Waals surface area contributed by atoms with Crippen molar-refractivity contribution >= 4 is 56.3 Å². The first-order valence-electron chi connectivity index (χ1n) is 42.4. The Morgan fingerprint density at radius 1 is 0.309 bits per heavy atom. The number of rotatable bonds is 16. The second-order valence-electron chi connectivity index (χ2n) is 28.6. The van der Waals surface area contributed by atoms with E-state index in [2.05, 4.69) is 145 Å². The molecule has 2 aliphatic rings. The summed E-state index contributed by atoms with van der Waals surface area (Å²) in [6, 6.07) is 88.2. The maximum absolute atomic E-state index is 13.5. The van der Waals surface area contributed by atoms with Crippen LogP contribution in [0.25, 0.3) is 112 Å². The van der Waals surface area contributed by atoms with Crippen LogP contribution in [0.15, 0.2) is 304 Å². The van der Waals surface area contributed by atoms with Gasteiger partial charge in [0.2, 0.25) is 0 Å². The van der Waals surface area contributed by atoms with Gasteiger partial charge in [0, 0.05) is 175 Å². The summed E-state index contributed by atoms with van der Waals surface area (Å²) in [4.78, 5) is 69.0. The number of aromatic nitrogens is 11. The molecule has 6 aromatic carbocycles. The van der Waals surface area contributed by atoms with Gasteiger partial charge in [0.15, 0.2) is 0 Å². The van der Waals surface area contributed by atoms with Gasteiger partial charge in [-0.1, -0.05) is 221 Å². The molecule has 18 rings (SSSR count). The van der Waals surface area contributed by atoms with Crippen LogP contribution < -0.4 is 9.97 Å².